The fraction of sp³-hybridized carbons (Fsp3) is 0.700. The minimum absolute atomic E-state index is 0.114. The van der Waals surface area contributed by atoms with Gasteiger partial charge in [0, 0.05) is 18.6 Å². The van der Waals surface area contributed by atoms with Crippen LogP contribution in [0.3, 0.4) is 0 Å². The van der Waals surface area contributed by atoms with Gasteiger partial charge in [-0.2, -0.15) is 4.31 Å². The number of hydrogen-bond acceptors (Lipinski definition) is 4. The van der Waals surface area contributed by atoms with Gasteiger partial charge < -0.3 is 10.7 Å². The molecular formula is C10H18N4O2S. The van der Waals surface area contributed by atoms with Crippen LogP contribution in [0.1, 0.15) is 26.2 Å². The summed E-state index contributed by atoms with van der Waals surface area (Å²) in [5.74, 6) is 0. The number of piperidine rings is 1. The molecule has 96 valence electrons. The lowest BCUT2D eigenvalue weighted by Gasteiger charge is -2.36. The molecule has 1 saturated heterocycles. The molecule has 0 bridgehead atoms. The largest absolute Gasteiger partial charge is 0.335 e. The zero-order valence-corrected chi connectivity index (χ0v) is 10.7. The van der Waals surface area contributed by atoms with Crippen molar-refractivity contribution in [1.82, 2.24) is 14.3 Å². The number of nitrogens with two attached hydrogens (primary N) is 1. The second kappa shape index (κ2) is 4.75. The Kier molecular flexibility index (Phi) is 3.50. The minimum Gasteiger partial charge on any atom is -0.335 e. The molecule has 0 aliphatic carbocycles. The number of nitrogens with zero attached hydrogens (tertiary/aromatic N) is 2. The normalized spacial score (nSPS) is 24.7. The molecular weight excluding hydrogens is 240 g/mol. The molecule has 0 aromatic carbocycles. The van der Waals surface area contributed by atoms with Crippen LogP contribution in [0, 0.1) is 0 Å². The van der Waals surface area contributed by atoms with Crippen molar-refractivity contribution in [2.75, 3.05) is 6.54 Å². The van der Waals surface area contributed by atoms with Gasteiger partial charge in [-0.1, -0.05) is 6.42 Å². The molecule has 3 N–H and O–H groups in total. The highest BCUT2D eigenvalue weighted by atomic mass is 32.2. The average molecular weight is 258 g/mol. The summed E-state index contributed by atoms with van der Waals surface area (Å²) in [6.45, 7) is 2.39. The summed E-state index contributed by atoms with van der Waals surface area (Å²) in [5.41, 5.74) is 5.88. The van der Waals surface area contributed by atoms with Gasteiger partial charge in [0.25, 0.3) is 10.0 Å². The molecule has 6 nitrogen and oxygen atoms in total. The van der Waals surface area contributed by atoms with Crippen LogP contribution in [-0.4, -0.2) is 41.3 Å². The third-order valence-corrected chi connectivity index (χ3v) is 5.01. The third-order valence-electron chi connectivity index (χ3n) is 3.16. The summed E-state index contributed by atoms with van der Waals surface area (Å²) in [6.07, 6.45) is 5.45. The van der Waals surface area contributed by atoms with Crippen molar-refractivity contribution in [3.63, 3.8) is 0 Å². The van der Waals surface area contributed by atoms with E-state index in [0.29, 0.717) is 6.54 Å². The minimum atomic E-state index is -3.48. The number of H-pyrrole nitrogens is 1. The van der Waals surface area contributed by atoms with Crippen LogP contribution in [0.4, 0.5) is 0 Å². The Morgan fingerprint density at radius 3 is 2.94 bits per heavy atom. The topological polar surface area (TPSA) is 92.1 Å². The molecule has 2 atom stereocenters. The van der Waals surface area contributed by atoms with Gasteiger partial charge in [-0.25, -0.2) is 13.4 Å². The van der Waals surface area contributed by atoms with Crippen molar-refractivity contribution in [3.05, 3.63) is 12.5 Å². The first-order chi connectivity index (χ1) is 8.03. The lowest BCUT2D eigenvalue weighted by Crippen LogP contribution is -2.51. The quantitative estimate of drug-likeness (QED) is 0.815. The Morgan fingerprint density at radius 1 is 1.59 bits per heavy atom. The summed E-state index contributed by atoms with van der Waals surface area (Å²) in [6, 6.07) is -0.273. The SMILES string of the molecule is C[C@H](N)[C@@H]1CCCCN1S(=O)(=O)c1cnc[nH]1. The van der Waals surface area contributed by atoms with E-state index < -0.39 is 10.0 Å². The van der Waals surface area contributed by atoms with Gasteiger partial charge in [0.1, 0.15) is 0 Å². The highest BCUT2D eigenvalue weighted by Gasteiger charge is 2.35. The van der Waals surface area contributed by atoms with E-state index in [2.05, 4.69) is 9.97 Å². The molecule has 0 amide bonds. The Labute approximate surface area is 101 Å². The number of nitrogens with one attached hydrogen (secondary N) is 1. The summed E-state index contributed by atoms with van der Waals surface area (Å²) in [7, 11) is -3.48. The lowest BCUT2D eigenvalue weighted by atomic mass is 10.00. The monoisotopic (exact) mass is 258 g/mol. The molecule has 1 aliphatic heterocycles. The first-order valence-corrected chi connectivity index (χ1v) is 7.23. The van der Waals surface area contributed by atoms with Gasteiger partial charge in [0.2, 0.25) is 0 Å². The van der Waals surface area contributed by atoms with E-state index in [0.717, 1.165) is 19.3 Å². The van der Waals surface area contributed by atoms with Crippen molar-refractivity contribution in [2.45, 2.75) is 43.3 Å². The number of aromatic nitrogens is 2. The van der Waals surface area contributed by atoms with Crippen molar-refractivity contribution in [3.8, 4) is 0 Å². The van der Waals surface area contributed by atoms with Gasteiger partial charge in [-0.05, 0) is 19.8 Å². The van der Waals surface area contributed by atoms with Crippen molar-refractivity contribution >= 4 is 10.0 Å². The molecule has 1 aromatic heterocycles. The van der Waals surface area contributed by atoms with Crippen molar-refractivity contribution < 1.29 is 8.42 Å². The average Bonchev–Trinajstić information content (AvgIpc) is 2.83. The Bertz CT molecular complexity index is 455. The van der Waals surface area contributed by atoms with Crippen molar-refractivity contribution in [1.29, 1.82) is 0 Å². The van der Waals surface area contributed by atoms with Crippen LogP contribution in [-0.2, 0) is 10.0 Å². The number of aromatic amines is 1. The number of hydrogen-bond donors (Lipinski definition) is 2. The lowest BCUT2D eigenvalue weighted by molar-refractivity contribution is 0.227. The molecule has 2 heterocycles. The summed E-state index contributed by atoms with van der Waals surface area (Å²) < 4.78 is 26.2. The standard InChI is InChI=1S/C10H18N4O2S/c1-8(11)9-4-2-3-5-14(9)17(15,16)10-6-12-7-13-10/h6-9H,2-5,11H2,1H3,(H,12,13)/t8-,9-/m0/s1. The summed E-state index contributed by atoms with van der Waals surface area (Å²) in [5, 5.41) is 0.144. The molecule has 17 heavy (non-hydrogen) atoms. The van der Waals surface area contributed by atoms with E-state index in [4.69, 9.17) is 5.73 Å². The van der Waals surface area contributed by atoms with E-state index in [1.807, 2.05) is 6.92 Å². The highest BCUT2D eigenvalue weighted by molar-refractivity contribution is 7.89. The smallest absolute Gasteiger partial charge is 0.260 e. The van der Waals surface area contributed by atoms with E-state index in [1.165, 1.54) is 16.8 Å². The van der Waals surface area contributed by atoms with Gasteiger partial charge in [0.15, 0.2) is 5.03 Å². The van der Waals surface area contributed by atoms with Crippen molar-refractivity contribution in [2.24, 2.45) is 5.73 Å². The van der Waals surface area contributed by atoms with Crippen LogP contribution in [0.25, 0.3) is 0 Å². The maximum absolute atomic E-state index is 12.4. The predicted molar refractivity (Wildman–Crippen MR) is 63.8 cm³/mol. The fourth-order valence-corrected chi connectivity index (χ4v) is 3.94. The Hall–Kier alpha value is -0.920. The van der Waals surface area contributed by atoms with Gasteiger partial charge in [-0.15, -0.1) is 0 Å². The molecule has 0 saturated carbocycles. The Balaban J connectivity index is 2.31. The second-order valence-electron chi connectivity index (χ2n) is 4.45. The van der Waals surface area contributed by atoms with Crippen LogP contribution in [0.15, 0.2) is 17.6 Å². The second-order valence-corrected chi connectivity index (χ2v) is 6.31. The van der Waals surface area contributed by atoms with Crippen LogP contribution in [0.5, 0.6) is 0 Å². The molecule has 0 radical (unpaired) electrons. The first-order valence-electron chi connectivity index (χ1n) is 5.79. The van der Waals surface area contributed by atoms with Gasteiger partial charge >= 0.3 is 0 Å². The van der Waals surface area contributed by atoms with Crippen LogP contribution in [0.2, 0.25) is 0 Å². The molecule has 1 aromatic rings. The summed E-state index contributed by atoms with van der Waals surface area (Å²) >= 11 is 0. The number of imidazole rings is 1. The van der Waals surface area contributed by atoms with Gasteiger partial charge in [0.05, 0.1) is 12.5 Å². The first kappa shape index (κ1) is 12.5. The zero-order chi connectivity index (χ0) is 12.5. The summed E-state index contributed by atoms with van der Waals surface area (Å²) in [4.78, 5) is 6.41. The maximum Gasteiger partial charge on any atom is 0.260 e. The van der Waals surface area contributed by atoms with Crippen LogP contribution >= 0.6 is 0 Å². The van der Waals surface area contributed by atoms with E-state index in [-0.39, 0.29) is 17.1 Å². The third kappa shape index (κ3) is 2.36. The Morgan fingerprint density at radius 2 is 2.35 bits per heavy atom. The molecule has 1 aliphatic rings. The maximum atomic E-state index is 12.4. The molecule has 7 heteroatoms. The molecule has 0 spiro atoms. The number of rotatable bonds is 3. The molecule has 1 fully saturated rings. The predicted octanol–water partition coefficient (Wildman–Crippen LogP) is 0.300. The van der Waals surface area contributed by atoms with E-state index in [1.54, 1.807) is 0 Å². The number of sulfonamides is 1. The van der Waals surface area contributed by atoms with Gasteiger partial charge in [-0.3, -0.25) is 0 Å². The molecule has 2 rings (SSSR count). The van der Waals surface area contributed by atoms with E-state index >= 15 is 0 Å². The molecule has 0 unspecified atom stereocenters. The zero-order valence-electron chi connectivity index (χ0n) is 9.83. The fourth-order valence-electron chi connectivity index (χ4n) is 2.27. The van der Waals surface area contributed by atoms with Crippen LogP contribution < -0.4 is 5.73 Å². The highest BCUT2D eigenvalue weighted by Crippen LogP contribution is 2.25. The van der Waals surface area contributed by atoms with E-state index in [9.17, 15) is 8.42 Å².